The fourth-order valence-corrected chi connectivity index (χ4v) is 15.8. The van der Waals surface area contributed by atoms with Gasteiger partial charge in [0.1, 0.15) is 11.4 Å². The van der Waals surface area contributed by atoms with Gasteiger partial charge in [0, 0.05) is 33.7 Å². The van der Waals surface area contributed by atoms with Crippen LogP contribution in [0, 0.1) is 12.8 Å². The van der Waals surface area contributed by atoms with E-state index in [2.05, 4.69) is 229 Å². The minimum Gasteiger partial charge on any atom is -0.195 e. The van der Waals surface area contributed by atoms with Gasteiger partial charge < -0.3 is 0 Å². The second-order valence-electron chi connectivity index (χ2n) is 23.9. The fourth-order valence-electron chi connectivity index (χ4n) is 14.1. The Kier molecular flexibility index (Phi) is 12.1. The average Bonchev–Trinajstić information content (AvgIpc) is 3.86. The lowest BCUT2D eigenvalue weighted by Crippen LogP contribution is -2.54. The first kappa shape index (κ1) is 48.2. The highest BCUT2D eigenvalue weighted by atomic mass is 28.3. The number of imidazole rings is 1. The van der Waals surface area contributed by atoms with Crippen molar-refractivity contribution in [3.8, 4) is 50.6 Å². The van der Waals surface area contributed by atoms with Crippen LogP contribution in [0.3, 0.4) is 0 Å². The molecule has 0 radical (unpaired) electrons. The molecule has 8 aromatic rings. The SMILES string of the molecule is C=C1CC2C(CCc3c(cc4c(c3C)C(CC)(CC)c3ccccc3-4)-c3n(-c4c(C(C)C)cccc4C(C)C)c4ccccc4[n+]31)c1ccc(-c3ccccc3)cc1-c1cc(CC(C)C)c([Si](C)(C)C)c[n+]12. The lowest BCUT2D eigenvalue weighted by Gasteiger charge is -2.35. The summed E-state index contributed by atoms with van der Waals surface area (Å²) in [5, 5.41) is 1.59. The molecule has 0 saturated carbocycles. The molecule has 0 N–H and O–H groups in total. The van der Waals surface area contributed by atoms with E-state index in [9.17, 15) is 0 Å². The molecule has 2 atom stereocenters. The molecule has 3 aliphatic rings. The van der Waals surface area contributed by atoms with Gasteiger partial charge in [0.25, 0.3) is 5.82 Å². The number of aromatic nitrogens is 3. The number of fused-ring (bicyclic) bond motifs is 14. The number of allylic oxidation sites excluding steroid dienone is 1. The Hall–Kier alpha value is -6.10. The van der Waals surface area contributed by atoms with Crippen LogP contribution in [0.5, 0.6) is 0 Å². The van der Waals surface area contributed by atoms with E-state index in [1.54, 1.807) is 10.8 Å². The van der Waals surface area contributed by atoms with Crippen molar-refractivity contribution in [2.45, 2.75) is 150 Å². The molecule has 1 aliphatic carbocycles. The molecule has 4 heterocycles. The zero-order valence-electron chi connectivity index (χ0n) is 45.4. The van der Waals surface area contributed by atoms with Crippen LogP contribution in [0.25, 0.3) is 67.3 Å². The quantitative estimate of drug-likeness (QED) is 0.101. The standard InChI is InChI=1S/C68H77N3Si/c1-14-68(15-2)59-29-20-19-26-54(59)57-40-58-52(46(10)65(57)68)34-35-55-53-33-32-48(47-24-17-16-18-25-47)38-56(53)63-39-49(36-42(3)4)64(72(11,12)13)41-69(63)62(55)37-45(9)70-60-30-21-22-31-61(60)71(67(58)70)66-50(43(5)6)27-23-28-51(66)44(7)8/h16-33,38-44,55,62H,9,14-15,34-37H2,1-8,10-13H3/q+2. The maximum Gasteiger partial charge on any atom is 0.300 e. The van der Waals surface area contributed by atoms with E-state index >= 15 is 0 Å². The second-order valence-corrected chi connectivity index (χ2v) is 28.9. The summed E-state index contributed by atoms with van der Waals surface area (Å²) in [7, 11) is -1.80. The van der Waals surface area contributed by atoms with Crippen LogP contribution in [0.15, 0.2) is 140 Å². The summed E-state index contributed by atoms with van der Waals surface area (Å²) in [5.74, 6) is 2.71. The monoisotopic (exact) mass is 964 g/mol. The maximum atomic E-state index is 5.30. The Morgan fingerprint density at radius 3 is 2.07 bits per heavy atom. The van der Waals surface area contributed by atoms with Crippen LogP contribution in [-0.2, 0) is 18.3 Å². The van der Waals surface area contributed by atoms with Crippen molar-refractivity contribution in [2.75, 3.05) is 0 Å². The molecule has 0 fully saturated rings. The smallest absolute Gasteiger partial charge is 0.195 e. The molecule has 11 rings (SSSR count). The van der Waals surface area contributed by atoms with Crippen LogP contribution in [-0.4, -0.2) is 12.6 Å². The molecule has 0 saturated heterocycles. The lowest BCUT2D eigenvalue weighted by atomic mass is 9.70. The molecule has 0 bridgehead atoms. The Bertz CT molecular complexity index is 3420. The Morgan fingerprint density at radius 2 is 1.39 bits per heavy atom. The van der Waals surface area contributed by atoms with Gasteiger partial charge in [-0.1, -0.05) is 179 Å². The van der Waals surface area contributed by atoms with Crippen molar-refractivity contribution >= 4 is 30.0 Å². The van der Waals surface area contributed by atoms with Crippen molar-refractivity contribution < 1.29 is 9.13 Å². The lowest BCUT2D eigenvalue weighted by molar-refractivity contribution is -0.719. The summed E-state index contributed by atoms with van der Waals surface area (Å²) in [6, 6.07) is 49.6. The van der Waals surface area contributed by atoms with Gasteiger partial charge in [-0.05, 0) is 137 Å². The van der Waals surface area contributed by atoms with Crippen molar-refractivity contribution in [3.63, 3.8) is 0 Å². The number of hydrogen-bond acceptors (Lipinski definition) is 0. The van der Waals surface area contributed by atoms with E-state index in [4.69, 9.17) is 6.58 Å². The first-order valence-corrected chi connectivity index (χ1v) is 31.0. The van der Waals surface area contributed by atoms with Gasteiger partial charge in [-0.3, -0.25) is 0 Å². The van der Waals surface area contributed by atoms with Gasteiger partial charge in [0.2, 0.25) is 5.69 Å². The number of para-hydroxylation sites is 3. The van der Waals surface area contributed by atoms with Crippen molar-refractivity contribution in [2.24, 2.45) is 5.92 Å². The number of hydrogen-bond donors (Lipinski definition) is 0. The van der Waals surface area contributed by atoms with E-state index in [1.165, 1.54) is 101 Å². The van der Waals surface area contributed by atoms with E-state index in [1.807, 2.05) is 0 Å². The summed E-state index contributed by atoms with van der Waals surface area (Å²) < 4.78 is 8.12. The van der Waals surface area contributed by atoms with Crippen LogP contribution >= 0.6 is 0 Å². The average molecular weight is 964 g/mol. The van der Waals surface area contributed by atoms with Crippen molar-refractivity contribution in [1.29, 1.82) is 0 Å². The highest BCUT2D eigenvalue weighted by molar-refractivity contribution is 6.89. The van der Waals surface area contributed by atoms with E-state index < -0.39 is 8.07 Å². The van der Waals surface area contributed by atoms with Crippen molar-refractivity contribution in [1.82, 2.24) is 4.57 Å². The highest BCUT2D eigenvalue weighted by Crippen LogP contribution is 2.57. The predicted molar refractivity (Wildman–Crippen MR) is 308 cm³/mol. The molecule has 0 spiro atoms. The van der Waals surface area contributed by atoms with Crippen molar-refractivity contribution in [3.05, 3.63) is 185 Å². The van der Waals surface area contributed by atoms with Crippen LogP contribution < -0.4 is 14.3 Å². The van der Waals surface area contributed by atoms with Crippen LogP contribution in [0.2, 0.25) is 19.6 Å². The highest BCUT2D eigenvalue weighted by Gasteiger charge is 2.48. The van der Waals surface area contributed by atoms with E-state index in [-0.39, 0.29) is 17.4 Å². The first-order valence-electron chi connectivity index (χ1n) is 27.5. The minimum atomic E-state index is -1.80. The number of benzene rings is 6. The van der Waals surface area contributed by atoms with Gasteiger partial charge in [-0.2, -0.15) is 13.7 Å². The molecule has 366 valence electrons. The summed E-state index contributed by atoms with van der Waals surface area (Å²) in [5.41, 5.74) is 26.1. The largest absolute Gasteiger partial charge is 0.300 e. The Labute approximate surface area is 432 Å². The van der Waals surface area contributed by atoms with Crippen LogP contribution in [0.4, 0.5) is 0 Å². The summed E-state index contributed by atoms with van der Waals surface area (Å²) >= 11 is 0. The number of pyridine rings is 1. The zero-order chi connectivity index (χ0) is 50.5. The Balaban J connectivity index is 1.26. The van der Waals surface area contributed by atoms with Crippen LogP contribution in [0.1, 0.15) is 149 Å². The summed E-state index contributed by atoms with van der Waals surface area (Å²) in [6.07, 6.45) is 8.70. The van der Waals surface area contributed by atoms with Gasteiger partial charge in [-0.25, -0.2) is 0 Å². The third-order valence-corrected chi connectivity index (χ3v) is 19.6. The van der Waals surface area contributed by atoms with E-state index in [0.717, 1.165) is 44.2 Å². The van der Waals surface area contributed by atoms with Gasteiger partial charge in [0.05, 0.1) is 25.6 Å². The molecule has 3 nitrogen and oxygen atoms in total. The zero-order valence-corrected chi connectivity index (χ0v) is 46.4. The summed E-state index contributed by atoms with van der Waals surface area (Å²) in [4.78, 5) is 0. The molecular weight excluding hydrogens is 887 g/mol. The second kappa shape index (κ2) is 18.1. The normalized spacial score (nSPS) is 16.8. The first-order chi connectivity index (χ1) is 34.6. The molecule has 2 aromatic heterocycles. The Morgan fingerprint density at radius 1 is 0.708 bits per heavy atom. The topological polar surface area (TPSA) is 12.7 Å². The molecule has 6 aromatic carbocycles. The molecule has 72 heavy (non-hydrogen) atoms. The molecule has 4 heteroatoms. The predicted octanol–water partition coefficient (Wildman–Crippen LogP) is 16.7. The maximum absolute atomic E-state index is 5.30. The number of nitrogens with zero attached hydrogens (tertiary/aromatic N) is 3. The minimum absolute atomic E-state index is 0.0504. The molecule has 2 aliphatic heterocycles. The van der Waals surface area contributed by atoms with E-state index in [0.29, 0.717) is 17.8 Å². The molecular formula is C68H77N3Si+2. The third-order valence-electron chi connectivity index (χ3n) is 17.5. The fraction of sp³-hybridized carbons (Fsp3) is 0.353. The summed E-state index contributed by atoms with van der Waals surface area (Å²) in [6.45, 7) is 34.6. The third kappa shape index (κ3) is 7.47. The van der Waals surface area contributed by atoms with Gasteiger partial charge in [-0.15, -0.1) is 0 Å². The van der Waals surface area contributed by atoms with Gasteiger partial charge >= 0.3 is 0 Å². The number of rotatable bonds is 9. The molecule has 0 amide bonds. The van der Waals surface area contributed by atoms with Gasteiger partial charge in [0.15, 0.2) is 23.3 Å². The molecule has 2 unspecified atom stereocenters.